The number of pyridine rings is 1. The highest BCUT2D eigenvalue weighted by Crippen LogP contribution is 2.40. The second kappa shape index (κ2) is 10.8. The molecule has 4 aromatic heterocycles. The topological polar surface area (TPSA) is 27.7 Å². The molecule has 11 rings (SSSR count). The van der Waals surface area contributed by atoms with Gasteiger partial charge in [0.25, 0.3) is 0 Å². The molecule has 4 heterocycles. The van der Waals surface area contributed by atoms with Crippen molar-refractivity contribution in [1.29, 1.82) is 0 Å². The Morgan fingerprint density at radius 3 is 1.35 bits per heavy atom. The number of para-hydroxylation sites is 5. The van der Waals surface area contributed by atoms with Crippen molar-refractivity contribution >= 4 is 65.4 Å². The monoisotopic (exact) mass is 650 g/mol. The maximum absolute atomic E-state index is 5.38. The third-order valence-corrected chi connectivity index (χ3v) is 10.4. The second-order valence-electron chi connectivity index (χ2n) is 13.2. The SMILES string of the molecule is c1ccc(-n2c3ccccc3c3cc4c(cc32)c2ccccc2n4-c2cccc(-c3cccc(-n4c5ccccc5c5ccccc54)c3)n2)cc1. The first-order valence-corrected chi connectivity index (χ1v) is 17.4. The zero-order chi connectivity index (χ0) is 33.5. The molecule has 0 aliphatic rings. The van der Waals surface area contributed by atoms with Gasteiger partial charge in [-0.05, 0) is 72.8 Å². The van der Waals surface area contributed by atoms with Gasteiger partial charge in [0.05, 0.1) is 38.8 Å². The van der Waals surface area contributed by atoms with E-state index in [1.807, 2.05) is 0 Å². The summed E-state index contributed by atoms with van der Waals surface area (Å²) in [6, 6.07) is 65.2. The Balaban J connectivity index is 1.12. The molecule has 0 spiro atoms. The van der Waals surface area contributed by atoms with Crippen LogP contribution in [0.4, 0.5) is 0 Å². The molecule has 0 radical (unpaired) electrons. The fourth-order valence-electron chi connectivity index (χ4n) is 8.25. The third-order valence-electron chi connectivity index (χ3n) is 10.4. The second-order valence-corrected chi connectivity index (χ2v) is 13.2. The van der Waals surface area contributed by atoms with Crippen LogP contribution in [0.2, 0.25) is 0 Å². The van der Waals surface area contributed by atoms with Gasteiger partial charge in [0.1, 0.15) is 5.82 Å². The molecule has 238 valence electrons. The largest absolute Gasteiger partial charge is 0.309 e. The maximum Gasteiger partial charge on any atom is 0.138 e. The van der Waals surface area contributed by atoms with E-state index in [-0.39, 0.29) is 0 Å². The summed E-state index contributed by atoms with van der Waals surface area (Å²) in [6.07, 6.45) is 0. The molecule has 0 saturated carbocycles. The Morgan fingerprint density at radius 1 is 0.294 bits per heavy atom. The molecule has 4 heteroatoms. The van der Waals surface area contributed by atoms with Crippen LogP contribution in [0.15, 0.2) is 182 Å². The molecule has 11 aromatic rings. The Labute approximate surface area is 293 Å². The summed E-state index contributed by atoms with van der Waals surface area (Å²) in [5.74, 6) is 0.895. The Kier molecular flexibility index (Phi) is 5.92. The van der Waals surface area contributed by atoms with Crippen LogP contribution in [0.25, 0.3) is 93.9 Å². The quantitative estimate of drug-likeness (QED) is 0.186. The van der Waals surface area contributed by atoms with Crippen LogP contribution < -0.4 is 0 Å². The van der Waals surface area contributed by atoms with Crippen molar-refractivity contribution < 1.29 is 0 Å². The van der Waals surface area contributed by atoms with Crippen molar-refractivity contribution in [3.8, 4) is 28.5 Å². The number of hydrogen-bond acceptors (Lipinski definition) is 1. The molecule has 0 bridgehead atoms. The molecule has 7 aromatic carbocycles. The fourth-order valence-corrected chi connectivity index (χ4v) is 8.25. The number of benzene rings is 7. The normalized spacial score (nSPS) is 11.9. The first-order valence-electron chi connectivity index (χ1n) is 17.4. The Hall–Kier alpha value is -6.91. The third kappa shape index (κ3) is 4.11. The van der Waals surface area contributed by atoms with Gasteiger partial charge in [0, 0.05) is 49.3 Å². The smallest absolute Gasteiger partial charge is 0.138 e. The predicted octanol–water partition coefficient (Wildman–Crippen LogP) is 12.0. The van der Waals surface area contributed by atoms with E-state index in [0.717, 1.165) is 39.5 Å². The molecular formula is C47H30N4. The summed E-state index contributed by atoms with van der Waals surface area (Å²) in [5.41, 5.74) is 11.4. The first kappa shape index (κ1) is 28.0. The number of rotatable bonds is 4. The van der Waals surface area contributed by atoms with Crippen LogP contribution in [-0.2, 0) is 0 Å². The van der Waals surface area contributed by atoms with Gasteiger partial charge in [0.2, 0.25) is 0 Å². The lowest BCUT2D eigenvalue weighted by molar-refractivity contribution is 1.08. The Morgan fingerprint density at radius 2 is 0.745 bits per heavy atom. The fraction of sp³-hybridized carbons (Fsp3) is 0. The van der Waals surface area contributed by atoms with Crippen LogP contribution in [-0.4, -0.2) is 18.7 Å². The van der Waals surface area contributed by atoms with Crippen LogP contribution in [0.3, 0.4) is 0 Å². The molecule has 4 nitrogen and oxygen atoms in total. The van der Waals surface area contributed by atoms with Crippen LogP contribution in [0.5, 0.6) is 0 Å². The summed E-state index contributed by atoms with van der Waals surface area (Å²) >= 11 is 0. The van der Waals surface area contributed by atoms with Gasteiger partial charge in [0.15, 0.2) is 0 Å². The molecule has 0 unspecified atom stereocenters. The van der Waals surface area contributed by atoms with E-state index in [1.165, 1.54) is 54.4 Å². The molecule has 0 atom stereocenters. The lowest BCUT2D eigenvalue weighted by Crippen LogP contribution is -1.99. The number of aromatic nitrogens is 4. The summed E-state index contributed by atoms with van der Waals surface area (Å²) in [6.45, 7) is 0. The van der Waals surface area contributed by atoms with Crippen molar-refractivity contribution in [2.24, 2.45) is 0 Å². The first-order chi connectivity index (χ1) is 25.3. The van der Waals surface area contributed by atoms with Crippen molar-refractivity contribution in [2.45, 2.75) is 0 Å². The van der Waals surface area contributed by atoms with Crippen LogP contribution >= 0.6 is 0 Å². The van der Waals surface area contributed by atoms with Gasteiger partial charge in [-0.2, -0.15) is 0 Å². The van der Waals surface area contributed by atoms with E-state index in [2.05, 4.69) is 196 Å². The van der Waals surface area contributed by atoms with Crippen molar-refractivity contribution in [2.75, 3.05) is 0 Å². The molecule has 0 amide bonds. The van der Waals surface area contributed by atoms with Crippen molar-refractivity contribution in [3.63, 3.8) is 0 Å². The standard InChI is InChI=1S/C47H30N4/c1-2-15-32(16-3-1)49-43-25-10-6-20-36(43)38-30-46-39(29-45(38)49)37-21-7-11-26-44(37)51(46)47-27-13-22-40(48-47)31-14-12-17-33(28-31)50-41-23-8-4-18-34(41)35-19-5-9-24-42(35)50/h1-30H. The highest BCUT2D eigenvalue weighted by Gasteiger charge is 2.19. The van der Waals surface area contributed by atoms with Gasteiger partial charge in [-0.15, -0.1) is 0 Å². The average molecular weight is 651 g/mol. The zero-order valence-electron chi connectivity index (χ0n) is 27.6. The molecule has 51 heavy (non-hydrogen) atoms. The predicted molar refractivity (Wildman–Crippen MR) is 213 cm³/mol. The van der Waals surface area contributed by atoms with Gasteiger partial charge >= 0.3 is 0 Å². The lowest BCUT2D eigenvalue weighted by Gasteiger charge is -2.12. The lowest BCUT2D eigenvalue weighted by atomic mass is 10.1. The Bertz CT molecular complexity index is 3090. The minimum Gasteiger partial charge on any atom is -0.309 e. The minimum absolute atomic E-state index is 0.895. The van der Waals surface area contributed by atoms with Gasteiger partial charge in [-0.3, -0.25) is 4.57 Å². The van der Waals surface area contributed by atoms with Crippen LogP contribution in [0.1, 0.15) is 0 Å². The number of nitrogens with zero attached hydrogens (tertiary/aromatic N) is 4. The maximum atomic E-state index is 5.38. The summed E-state index contributed by atoms with van der Waals surface area (Å²) in [4.78, 5) is 5.38. The van der Waals surface area contributed by atoms with Gasteiger partial charge < -0.3 is 9.13 Å². The van der Waals surface area contributed by atoms with Crippen molar-refractivity contribution in [3.05, 3.63) is 182 Å². The molecule has 0 N–H and O–H groups in total. The average Bonchev–Trinajstić information content (AvgIpc) is 3.83. The summed E-state index contributed by atoms with van der Waals surface area (Å²) in [7, 11) is 0. The summed E-state index contributed by atoms with van der Waals surface area (Å²) in [5, 5.41) is 7.38. The van der Waals surface area contributed by atoms with Crippen molar-refractivity contribution in [1.82, 2.24) is 18.7 Å². The highest BCUT2D eigenvalue weighted by atomic mass is 15.1. The van der Waals surface area contributed by atoms with E-state index < -0.39 is 0 Å². The molecule has 0 aliphatic heterocycles. The van der Waals surface area contributed by atoms with Gasteiger partial charge in [-0.25, -0.2) is 4.98 Å². The minimum atomic E-state index is 0.895. The van der Waals surface area contributed by atoms with E-state index >= 15 is 0 Å². The van der Waals surface area contributed by atoms with Crippen LogP contribution in [0, 0.1) is 0 Å². The van der Waals surface area contributed by atoms with E-state index in [9.17, 15) is 0 Å². The van der Waals surface area contributed by atoms with Gasteiger partial charge in [-0.1, -0.05) is 109 Å². The molecular weight excluding hydrogens is 621 g/mol. The van der Waals surface area contributed by atoms with E-state index in [4.69, 9.17) is 4.98 Å². The highest BCUT2D eigenvalue weighted by molar-refractivity contribution is 6.19. The molecule has 0 fully saturated rings. The summed E-state index contributed by atoms with van der Waals surface area (Å²) < 4.78 is 7.08. The molecule has 0 aliphatic carbocycles. The number of fused-ring (bicyclic) bond motifs is 9. The number of hydrogen-bond donors (Lipinski definition) is 0. The molecule has 0 saturated heterocycles. The van der Waals surface area contributed by atoms with E-state index in [0.29, 0.717) is 0 Å². The van der Waals surface area contributed by atoms with E-state index in [1.54, 1.807) is 0 Å². The zero-order valence-corrected chi connectivity index (χ0v) is 27.6.